The van der Waals surface area contributed by atoms with Crippen LogP contribution >= 0.6 is 15.9 Å². The van der Waals surface area contributed by atoms with Gasteiger partial charge >= 0.3 is 6.03 Å². The van der Waals surface area contributed by atoms with Gasteiger partial charge in [0.1, 0.15) is 0 Å². The zero-order chi connectivity index (χ0) is 12.4. The molecule has 2 atom stereocenters. The molecule has 0 spiro atoms. The van der Waals surface area contributed by atoms with Gasteiger partial charge in [0.15, 0.2) is 0 Å². The number of carbonyl (C=O) groups excluding carboxylic acids is 1. The Balaban J connectivity index is 2.08. The fourth-order valence-corrected chi connectivity index (χ4v) is 2.42. The summed E-state index contributed by atoms with van der Waals surface area (Å²) >= 11 is 3.43. The first-order chi connectivity index (χ1) is 8.06. The molecule has 2 amide bonds. The van der Waals surface area contributed by atoms with Crippen LogP contribution in [0.25, 0.3) is 0 Å². The van der Waals surface area contributed by atoms with E-state index in [4.69, 9.17) is 5.73 Å². The molecule has 0 aromatic heterocycles. The number of nitrogens with one attached hydrogen (secondary N) is 1. The third kappa shape index (κ3) is 2.98. The minimum atomic E-state index is -0.0349. The molecule has 0 aliphatic carbocycles. The highest BCUT2D eigenvalue weighted by atomic mass is 79.9. The Bertz CT molecular complexity index is 422. The largest absolute Gasteiger partial charge is 0.329 e. The van der Waals surface area contributed by atoms with Crippen molar-refractivity contribution in [2.24, 2.45) is 5.73 Å². The molecule has 3 N–H and O–H groups in total. The van der Waals surface area contributed by atoms with E-state index >= 15 is 0 Å². The van der Waals surface area contributed by atoms with Crippen molar-refractivity contribution in [2.45, 2.75) is 19.0 Å². The molecule has 1 aliphatic rings. The number of halogens is 1. The molecular formula is C12H16BrN3O. The average Bonchev–Trinajstić information content (AvgIpc) is 2.59. The van der Waals surface area contributed by atoms with E-state index in [-0.39, 0.29) is 18.1 Å². The topological polar surface area (TPSA) is 58.4 Å². The Hall–Kier alpha value is -1.07. The summed E-state index contributed by atoms with van der Waals surface area (Å²) in [5.41, 5.74) is 6.82. The second-order valence-corrected chi connectivity index (χ2v) is 5.36. The van der Waals surface area contributed by atoms with E-state index in [1.54, 1.807) is 4.90 Å². The first-order valence-corrected chi connectivity index (χ1v) is 6.42. The number of amides is 2. The highest BCUT2D eigenvalue weighted by molar-refractivity contribution is 9.10. The SMILES string of the molecule is CC(N)CN1CC(c2cccc(Br)c2)NC1=O. The van der Waals surface area contributed by atoms with Crippen LogP contribution in [0.15, 0.2) is 28.7 Å². The van der Waals surface area contributed by atoms with Gasteiger partial charge in [-0.15, -0.1) is 0 Å². The van der Waals surface area contributed by atoms with Crippen LogP contribution in [-0.2, 0) is 0 Å². The molecule has 17 heavy (non-hydrogen) atoms. The lowest BCUT2D eigenvalue weighted by molar-refractivity contribution is 0.215. The van der Waals surface area contributed by atoms with Crippen LogP contribution in [0.4, 0.5) is 4.79 Å². The number of nitrogens with zero attached hydrogens (tertiary/aromatic N) is 1. The Morgan fingerprint density at radius 1 is 1.65 bits per heavy atom. The Morgan fingerprint density at radius 2 is 2.41 bits per heavy atom. The third-order valence-electron chi connectivity index (χ3n) is 2.75. The van der Waals surface area contributed by atoms with E-state index in [9.17, 15) is 4.79 Å². The minimum absolute atomic E-state index is 0.00186. The summed E-state index contributed by atoms with van der Waals surface area (Å²) in [5, 5.41) is 2.96. The van der Waals surface area contributed by atoms with E-state index in [0.717, 1.165) is 10.0 Å². The molecule has 0 saturated carbocycles. The molecule has 1 heterocycles. The third-order valence-corrected chi connectivity index (χ3v) is 3.24. The molecule has 2 rings (SSSR count). The number of hydrogen-bond acceptors (Lipinski definition) is 2. The molecular weight excluding hydrogens is 282 g/mol. The maximum absolute atomic E-state index is 11.7. The first-order valence-electron chi connectivity index (χ1n) is 5.63. The molecule has 1 aromatic carbocycles. The predicted molar refractivity (Wildman–Crippen MR) is 70.6 cm³/mol. The fourth-order valence-electron chi connectivity index (χ4n) is 2.01. The highest BCUT2D eigenvalue weighted by Gasteiger charge is 2.29. The standard InChI is InChI=1S/C12H16BrN3O/c1-8(14)6-16-7-11(15-12(16)17)9-3-2-4-10(13)5-9/h2-5,8,11H,6-7,14H2,1H3,(H,15,17). The van der Waals surface area contributed by atoms with Crippen LogP contribution in [0.1, 0.15) is 18.5 Å². The van der Waals surface area contributed by atoms with Crippen molar-refractivity contribution in [1.29, 1.82) is 0 Å². The second kappa shape index (κ2) is 5.06. The molecule has 0 bridgehead atoms. The van der Waals surface area contributed by atoms with E-state index in [0.29, 0.717) is 13.1 Å². The van der Waals surface area contributed by atoms with E-state index in [1.807, 2.05) is 31.2 Å². The maximum atomic E-state index is 11.7. The molecule has 92 valence electrons. The zero-order valence-corrected chi connectivity index (χ0v) is 11.3. The van der Waals surface area contributed by atoms with Gasteiger partial charge in [-0.3, -0.25) is 0 Å². The molecule has 5 heteroatoms. The van der Waals surface area contributed by atoms with Gasteiger partial charge in [0.25, 0.3) is 0 Å². The van der Waals surface area contributed by atoms with Gasteiger partial charge in [-0.2, -0.15) is 0 Å². The van der Waals surface area contributed by atoms with Crippen LogP contribution in [0.3, 0.4) is 0 Å². The fraction of sp³-hybridized carbons (Fsp3) is 0.417. The summed E-state index contributed by atoms with van der Waals surface area (Å²) in [6, 6.07) is 8.01. The summed E-state index contributed by atoms with van der Waals surface area (Å²) in [4.78, 5) is 13.5. The van der Waals surface area contributed by atoms with Gasteiger partial charge in [-0.1, -0.05) is 28.1 Å². The summed E-state index contributed by atoms with van der Waals surface area (Å²) in [5.74, 6) is 0. The number of hydrogen-bond donors (Lipinski definition) is 2. The van der Waals surface area contributed by atoms with E-state index < -0.39 is 0 Å². The van der Waals surface area contributed by atoms with E-state index in [1.165, 1.54) is 0 Å². The van der Waals surface area contributed by atoms with Crippen LogP contribution in [0.2, 0.25) is 0 Å². The molecule has 0 radical (unpaired) electrons. The average molecular weight is 298 g/mol. The molecule has 1 fully saturated rings. The van der Waals surface area contributed by atoms with Crippen LogP contribution in [0, 0.1) is 0 Å². The monoisotopic (exact) mass is 297 g/mol. The van der Waals surface area contributed by atoms with Crippen molar-refractivity contribution in [1.82, 2.24) is 10.2 Å². The van der Waals surface area contributed by atoms with Crippen molar-refractivity contribution in [2.75, 3.05) is 13.1 Å². The molecule has 1 aliphatic heterocycles. The van der Waals surface area contributed by atoms with Crippen LogP contribution < -0.4 is 11.1 Å². The van der Waals surface area contributed by atoms with E-state index in [2.05, 4.69) is 21.2 Å². The van der Waals surface area contributed by atoms with Crippen molar-refractivity contribution in [3.63, 3.8) is 0 Å². The van der Waals surface area contributed by atoms with Gasteiger partial charge in [0.2, 0.25) is 0 Å². The van der Waals surface area contributed by atoms with Crippen molar-refractivity contribution in [3.8, 4) is 0 Å². The van der Waals surface area contributed by atoms with Crippen LogP contribution in [-0.4, -0.2) is 30.1 Å². The first kappa shape index (κ1) is 12.4. The summed E-state index contributed by atoms with van der Waals surface area (Å²) in [6.45, 7) is 3.17. The van der Waals surface area contributed by atoms with Gasteiger partial charge in [-0.05, 0) is 24.6 Å². The minimum Gasteiger partial charge on any atom is -0.329 e. The summed E-state index contributed by atoms with van der Waals surface area (Å²) in [7, 11) is 0. The number of carbonyl (C=O) groups is 1. The lowest BCUT2D eigenvalue weighted by atomic mass is 10.1. The Morgan fingerprint density at radius 3 is 3.06 bits per heavy atom. The van der Waals surface area contributed by atoms with Gasteiger partial charge < -0.3 is 16.0 Å². The highest BCUT2D eigenvalue weighted by Crippen LogP contribution is 2.22. The lowest BCUT2D eigenvalue weighted by Crippen LogP contribution is -2.37. The number of urea groups is 1. The second-order valence-electron chi connectivity index (χ2n) is 4.44. The smallest absolute Gasteiger partial charge is 0.318 e. The maximum Gasteiger partial charge on any atom is 0.318 e. The van der Waals surface area contributed by atoms with Crippen molar-refractivity contribution < 1.29 is 4.79 Å². The summed E-state index contributed by atoms with van der Waals surface area (Å²) in [6.07, 6.45) is 0. The molecule has 4 nitrogen and oxygen atoms in total. The Kier molecular flexibility index (Phi) is 3.69. The molecule has 1 aromatic rings. The predicted octanol–water partition coefficient (Wildman–Crippen LogP) is 1.86. The molecule has 1 saturated heterocycles. The summed E-state index contributed by atoms with van der Waals surface area (Å²) < 4.78 is 1.02. The zero-order valence-electron chi connectivity index (χ0n) is 9.69. The number of rotatable bonds is 3. The van der Waals surface area contributed by atoms with Crippen molar-refractivity contribution >= 4 is 22.0 Å². The number of benzene rings is 1. The van der Waals surface area contributed by atoms with Crippen molar-refractivity contribution in [3.05, 3.63) is 34.3 Å². The van der Waals surface area contributed by atoms with Gasteiger partial charge in [0, 0.05) is 23.6 Å². The van der Waals surface area contributed by atoms with Crippen LogP contribution in [0.5, 0.6) is 0 Å². The van der Waals surface area contributed by atoms with Gasteiger partial charge in [-0.25, -0.2) is 4.79 Å². The van der Waals surface area contributed by atoms with Gasteiger partial charge in [0.05, 0.1) is 6.04 Å². The normalized spacial score (nSPS) is 21.5. The molecule has 2 unspecified atom stereocenters. The Labute approximate surface area is 109 Å². The number of nitrogens with two attached hydrogens (primary N) is 1. The quantitative estimate of drug-likeness (QED) is 0.895. The lowest BCUT2D eigenvalue weighted by Gasteiger charge is -2.16.